The van der Waals surface area contributed by atoms with Crippen molar-refractivity contribution in [3.63, 3.8) is 0 Å². The van der Waals surface area contributed by atoms with E-state index >= 15 is 0 Å². The lowest BCUT2D eigenvalue weighted by Gasteiger charge is -1.97. The Balaban J connectivity index is 2.42. The van der Waals surface area contributed by atoms with Gasteiger partial charge in [-0.3, -0.25) is 0 Å². The fraction of sp³-hybridized carbons (Fsp3) is 0.667. The average Bonchev–Trinajstić information content (AvgIpc) is 2.44. The molecule has 0 aromatic heterocycles. The van der Waals surface area contributed by atoms with Gasteiger partial charge in [0.15, 0.2) is 0 Å². The van der Waals surface area contributed by atoms with E-state index in [2.05, 4.69) is 6.58 Å². The van der Waals surface area contributed by atoms with E-state index < -0.39 is 5.60 Å². The Morgan fingerprint density at radius 3 is 2.62 bits per heavy atom. The number of aliphatic hydroxyl groups excluding tert-OH is 1. The molecule has 1 fully saturated rings. The Kier molecular flexibility index (Phi) is 1.14. The van der Waals surface area contributed by atoms with Crippen molar-refractivity contribution in [1.29, 1.82) is 0 Å². The Morgan fingerprint density at radius 1 is 1.88 bits per heavy atom. The van der Waals surface area contributed by atoms with Crippen LogP contribution in [0.25, 0.3) is 0 Å². The number of hydrogen-bond acceptors (Lipinski definition) is 2. The summed E-state index contributed by atoms with van der Waals surface area (Å²) in [5.41, 5.74) is -0.727. The lowest BCUT2D eigenvalue weighted by molar-refractivity contribution is 0.155. The standard InChI is InChI=1S/C6H10O2/c1-2-6(8)3-5(6)4-7/h2,5,7-8H,1,3-4H2. The molecule has 2 heteroatoms. The lowest BCUT2D eigenvalue weighted by Crippen LogP contribution is -2.07. The van der Waals surface area contributed by atoms with Gasteiger partial charge < -0.3 is 10.2 Å². The van der Waals surface area contributed by atoms with Gasteiger partial charge in [0.25, 0.3) is 0 Å². The molecule has 1 saturated carbocycles. The monoisotopic (exact) mass is 114 g/mol. The van der Waals surface area contributed by atoms with E-state index in [1.165, 1.54) is 6.08 Å². The Hall–Kier alpha value is -0.340. The second kappa shape index (κ2) is 1.57. The molecule has 0 amide bonds. The summed E-state index contributed by atoms with van der Waals surface area (Å²) in [5.74, 6) is 0.0556. The first kappa shape index (κ1) is 5.79. The van der Waals surface area contributed by atoms with Crippen molar-refractivity contribution in [3.05, 3.63) is 12.7 Å². The van der Waals surface area contributed by atoms with E-state index in [0.717, 1.165) is 0 Å². The first-order valence-corrected chi connectivity index (χ1v) is 2.70. The van der Waals surface area contributed by atoms with Crippen LogP contribution in [0.2, 0.25) is 0 Å². The topological polar surface area (TPSA) is 40.5 Å². The third-order valence-corrected chi connectivity index (χ3v) is 1.69. The molecule has 1 aliphatic carbocycles. The van der Waals surface area contributed by atoms with Crippen LogP contribution in [0.5, 0.6) is 0 Å². The molecule has 0 heterocycles. The van der Waals surface area contributed by atoms with Gasteiger partial charge in [0, 0.05) is 12.5 Å². The van der Waals surface area contributed by atoms with E-state index in [-0.39, 0.29) is 12.5 Å². The summed E-state index contributed by atoms with van der Waals surface area (Å²) in [6.45, 7) is 3.50. The molecule has 8 heavy (non-hydrogen) atoms. The average molecular weight is 114 g/mol. The minimum atomic E-state index is -0.727. The zero-order valence-corrected chi connectivity index (χ0v) is 4.67. The first-order chi connectivity index (χ1) is 3.73. The molecule has 2 N–H and O–H groups in total. The van der Waals surface area contributed by atoms with Gasteiger partial charge in [0.2, 0.25) is 0 Å². The molecule has 0 aliphatic heterocycles. The van der Waals surface area contributed by atoms with E-state index in [9.17, 15) is 0 Å². The predicted octanol–water partition coefficient (Wildman–Crippen LogP) is -0.0843. The molecule has 2 unspecified atom stereocenters. The predicted molar refractivity (Wildman–Crippen MR) is 30.3 cm³/mol. The molecule has 1 rings (SSSR count). The summed E-state index contributed by atoms with van der Waals surface area (Å²) in [5, 5.41) is 17.6. The third-order valence-electron chi connectivity index (χ3n) is 1.69. The Morgan fingerprint density at radius 2 is 2.50 bits per heavy atom. The Labute approximate surface area is 48.5 Å². The highest BCUT2D eigenvalue weighted by atomic mass is 16.3. The maximum atomic E-state index is 9.12. The second-order valence-corrected chi connectivity index (χ2v) is 2.28. The molecule has 0 aromatic rings. The first-order valence-electron chi connectivity index (χ1n) is 2.70. The smallest absolute Gasteiger partial charge is 0.0880 e. The summed E-state index contributed by atoms with van der Waals surface area (Å²) in [7, 11) is 0. The van der Waals surface area contributed by atoms with Crippen molar-refractivity contribution < 1.29 is 10.2 Å². The van der Waals surface area contributed by atoms with E-state index in [1.54, 1.807) is 0 Å². The molecular weight excluding hydrogens is 104 g/mol. The van der Waals surface area contributed by atoms with Gasteiger partial charge in [-0.25, -0.2) is 0 Å². The van der Waals surface area contributed by atoms with Crippen LogP contribution < -0.4 is 0 Å². The third kappa shape index (κ3) is 0.659. The highest BCUT2D eigenvalue weighted by Crippen LogP contribution is 2.43. The molecule has 0 radical (unpaired) electrons. The van der Waals surface area contributed by atoms with Crippen molar-refractivity contribution in [2.24, 2.45) is 5.92 Å². The van der Waals surface area contributed by atoms with E-state index in [0.29, 0.717) is 6.42 Å². The minimum absolute atomic E-state index is 0.0556. The summed E-state index contributed by atoms with van der Waals surface area (Å²) >= 11 is 0. The molecule has 0 spiro atoms. The van der Waals surface area contributed by atoms with Crippen molar-refractivity contribution in [2.45, 2.75) is 12.0 Å². The summed E-state index contributed by atoms with van der Waals surface area (Å²) < 4.78 is 0. The van der Waals surface area contributed by atoms with Gasteiger partial charge >= 0.3 is 0 Å². The Bertz CT molecular complexity index is 111. The lowest BCUT2D eigenvalue weighted by atomic mass is 10.3. The van der Waals surface area contributed by atoms with Crippen LogP contribution in [0, 0.1) is 5.92 Å². The zero-order valence-electron chi connectivity index (χ0n) is 4.67. The van der Waals surface area contributed by atoms with E-state index in [1.807, 2.05) is 0 Å². The van der Waals surface area contributed by atoms with Crippen molar-refractivity contribution in [3.8, 4) is 0 Å². The molecular formula is C6H10O2. The summed E-state index contributed by atoms with van der Waals surface area (Å²) in [6, 6.07) is 0. The van der Waals surface area contributed by atoms with Gasteiger partial charge in [-0.15, -0.1) is 6.58 Å². The van der Waals surface area contributed by atoms with Gasteiger partial charge in [-0.05, 0) is 6.42 Å². The summed E-state index contributed by atoms with van der Waals surface area (Å²) in [6.07, 6.45) is 2.17. The maximum absolute atomic E-state index is 9.12. The van der Waals surface area contributed by atoms with E-state index in [4.69, 9.17) is 10.2 Å². The van der Waals surface area contributed by atoms with Gasteiger partial charge in [0.05, 0.1) is 5.60 Å². The molecule has 0 saturated heterocycles. The SMILES string of the molecule is C=CC1(O)CC1CO. The number of aliphatic hydroxyl groups is 2. The van der Waals surface area contributed by atoms with Crippen LogP contribution in [0.4, 0.5) is 0 Å². The van der Waals surface area contributed by atoms with Crippen molar-refractivity contribution in [1.82, 2.24) is 0 Å². The van der Waals surface area contributed by atoms with Crippen molar-refractivity contribution in [2.75, 3.05) is 6.61 Å². The van der Waals surface area contributed by atoms with Crippen LogP contribution in [0.15, 0.2) is 12.7 Å². The molecule has 2 nitrogen and oxygen atoms in total. The minimum Gasteiger partial charge on any atom is -0.396 e. The van der Waals surface area contributed by atoms with Crippen LogP contribution in [0.3, 0.4) is 0 Å². The fourth-order valence-corrected chi connectivity index (χ4v) is 0.808. The molecule has 46 valence electrons. The van der Waals surface area contributed by atoms with Crippen molar-refractivity contribution >= 4 is 0 Å². The molecule has 0 aromatic carbocycles. The normalized spacial score (nSPS) is 44.0. The van der Waals surface area contributed by atoms with Gasteiger partial charge in [-0.2, -0.15) is 0 Å². The number of rotatable bonds is 2. The van der Waals surface area contributed by atoms with Crippen LogP contribution >= 0.6 is 0 Å². The molecule has 0 bridgehead atoms. The van der Waals surface area contributed by atoms with Crippen LogP contribution in [-0.4, -0.2) is 22.4 Å². The molecule has 2 atom stereocenters. The van der Waals surface area contributed by atoms with Gasteiger partial charge in [-0.1, -0.05) is 6.08 Å². The highest BCUT2D eigenvalue weighted by Gasteiger charge is 2.49. The maximum Gasteiger partial charge on any atom is 0.0880 e. The molecule has 1 aliphatic rings. The highest BCUT2D eigenvalue weighted by molar-refractivity contribution is 5.14. The largest absolute Gasteiger partial charge is 0.396 e. The fourth-order valence-electron chi connectivity index (χ4n) is 0.808. The van der Waals surface area contributed by atoms with Crippen LogP contribution in [-0.2, 0) is 0 Å². The second-order valence-electron chi connectivity index (χ2n) is 2.28. The van der Waals surface area contributed by atoms with Gasteiger partial charge in [0.1, 0.15) is 0 Å². The quantitative estimate of drug-likeness (QED) is 0.493. The number of hydrogen-bond donors (Lipinski definition) is 2. The summed E-state index contributed by atoms with van der Waals surface area (Å²) in [4.78, 5) is 0. The zero-order chi connectivity index (χ0) is 6.20. The van der Waals surface area contributed by atoms with Crippen LogP contribution in [0.1, 0.15) is 6.42 Å².